The number of benzene rings is 3. The minimum Gasteiger partial charge on any atom is -0.423 e. The molecule has 3 rings (SSSR count). The summed E-state index contributed by atoms with van der Waals surface area (Å²) in [6, 6.07) is 16.6. The summed E-state index contributed by atoms with van der Waals surface area (Å²) in [5.74, 6) is -16.1. The van der Waals surface area contributed by atoms with E-state index in [1.165, 1.54) is 36.4 Å². The van der Waals surface area contributed by atoms with Crippen LogP contribution in [0.5, 0.6) is 5.75 Å². The fraction of sp³-hybridized carbons (Fsp3) is 0.160. The van der Waals surface area contributed by atoms with E-state index in [4.69, 9.17) is 8.37 Å². The highest BCUT2D eigenvalue weighted by Gasteiger charge is 2.86. The molecule has 0 unspecified atom stereocenters. The lowest BCUT2D eigenvalue weighted by molar-refractivity contribution is -0.382. The monoisotopic (exact) mass is 632 g/mol. The van der Waals surface area contributed by atoms with E-state index in [0.717, 1.165) is 54.6 Å². The van der Waals surface area contributed by atoms with Gasteiger partial charge >= 0.3 is 39.4 Å². The number of carbonyl (C=O) groups excluding carboxylic acids is 1. The Balaban J connectivity index is 2.33. The van der Waals surface area contributed by atoms with Crippen LogP contribution in [0.4, 0.5) is 39.5 Å². The van der Waals surface area contributed by atoms with Gasteiger partial charge in [-0.05, 0) is 58.8 Å². The first-order valence-corrected chi connectivity index (χ1v) is 13.9. The van der Waals surface area contributed by atoms with Crippen LogP contribution in [0.3, 0.4) is 0 Å². The molecule has 16 heteroatoms. The summed E-state index contributed by atoms with van der Waals surface area (Å²) >= 11 is 0. The van der Waals surface area contributed by atoms with E-state index >= 15 is 0 Å². The van der Waals surface area contributed by atoms with E-state index < -0.39 is 49.7 Å². The summed E-state index contributed by atoms with van der Waals surface area (Å²) in [6.45, 7) is 3.20. The van der Waals surface area contributed by atoms with Crippen LogP contribution in [-0.2, 0) is 18.5 Å². The highest BCUT2D eigenvalue weighted by molar-refractivity contribution is 8.33. The molecule has 0 fully saturated rings. The summed E-state index contributed by atoms with van der Waals surface area (Å²) in [6.07, 6.45) is -6.46. The lowest BCUT2D eigenvalue weighted by atomic mass is 10.1. The number of hydrogen-bond donors (Lipinski definition) is 0. The van der Waals surface area contributed by atoms with Crippen molar-refractivity contribution in [2.75, 3.05) is 0 Å². The van der Waals surface area contributed by atoms with Gasteiger partial charge in [0.05, 0.1) is 0 Å². The van der Waals surface area contributed by atoms with Crippen molar-refractivity contribution in [1.29, 1.82) is 0 Å². The Labute approximate surface area is 228 Å². The van der Waals surface area contributed by atoms with Crippen LogP contribution in [0, 0.1) is 0 Å². The van der Waals surface area contributed by atoms with Crippen LogP contribution in [0.1, 0.15) is 0 Å². The zero-order valence-corrected chi connectivity index (χ0v) is 21.8. The number of ether oxygens (including phenoxy) is 1. The van der Waals surface area contributed by atoms with E-state index in [2.05, 4.69) is 6.58 Å². The highest BCUT2D eigenvalue weighted by Crippen LogP contribution is 2.71. The molecule has 0 aliphatic rings. The Morgan fingerprint density at radius 2 is 1.07 bits per heavy atom. The molecule has 0 aromatic heterocycles. The predicted octanol–water partition coefficient (Wildman–Crippen LogP) is 7.75. The molecule has 0 bridgehead atoms. The molecule has 5 nitrogen and oxygen atoms in total. The maximum Gasteiger partial charge on any atom is 0.460 e. The van der Waals surface area contributed by atoms with Gasteiger partial charge in [0.25, 0.3) is 0 Å². The number of rotatable bonds is 10. The molecule has 0 spiro atoms. The van der Waals surface area contributed by atoms with Crippen LogP contribution in [0.2, 0.25) is 0 Å². The van der Waals surface area contributed by atoms with Gasteiger partial charge < -0.3 is 4.74 Å². The Bertz CT molecular complexity index is 1450. The van der Waals surface area contributed by atoms with Crippen molar-refractivity contribution in [3.05, 3.63) is 97.6 Å². The normalized spacial score (nSPS) is 13.9. The summed E-state index contributed by atoms with van der Waals surface area (Å²) in [5.41, 5.74) is 0. The number of hydrogen-bond acceptors (Lipinski definition) is 5. The Hall–Kier alpha value is -3.50. The minimum absolute atomic E-state index is 0.169. The number of esters is 1. The van der Waals surface area contributed by atoms with Gasteiger partial charge in [-0.3, -0.25) is 0 Å². The highest BCUT2D eigenvalue weighted by atomic mass is 32.3. The standard InChI is InChI=1S/C25H17F9O5S2/c1-2-21(35)38-17-13-15-20(16-14-17)40(18-9-5-3-6-10-18,19-11-7-4-8-12-19)39-41(36,37)25(33,34)23(28,29)22(26,27)24(30,31)32/h2-16H,1H2. The largest absolute Gasteiger partial charge is 0.460 e. The van der Waals surface area contributed by atoms with Crippen LogP contribution in [-0.4, -0.2) is 37.7 Å². The van der Waals surface area contributed by atoms with E-state index in [9.17, 15) is 52.7 Å². The quantitative estimate of drug-likeness (QED) is 0.0990. The maximum absolute atomic E-state index is 14.8. The van der Waals surface area contributed by atoms with E-state index in [1.807, 2.05) is 0 Å². The van der Waals surface area contributed by atoms with Crippen LogP contribution < -0.4 is 4.74 Å². The van der Waals surface area contributed by atoms with E-state index in [0.29, 0.717) is 0 Å². The molecule has 0 amide bonds. The Morgan fingerprint density at radius 3 is 1.46 bits per heavy atom. The predicted molar refractivity (Wildman–Crippen MR) is 128 cm³/mol. The molecule has 0 heterocycles. The third-order valence-corrected chi connectivity index (χ3v) is 10.5. The van der Waals surface area contributed by atoms with Gasteiger partial charge in [-0.25, -0.2) is 8.42 Å². The van der Waals surface area contributed by atoms with Gasteiger partial charge in [0.1, 0.15) is 5.75 Å². The molecule has 0 radical (unpaired) electrons. The number of carbonyl (C=O) groups is 1. The number of halogens is 9. The first kappa shape index (κ1) is 32.0. The second-order valence-corrected chi connectivity index (χ2v) is 12.5. The van der Waals surface area contributed by atoms with Crippen LogP contribution in [0.15, 0.2) is 112 Å². The van der Waals surface area contributed by atoms with Crippen molar-refractivity contribution < 1.29 is 61.1 Å². The SMILES string of the molecule is C=CC(=O)Oc1ccc(S(OS(=O)(=O)C(F)(F)C(F)(F)C(F)(F)C(F)(F)F)(c2ccccc2)c2ccccc2)cc1. The first-order valence-electron chi connectivity index (χ1n) is 10.9. The smallest absolute Gasteiger partial charge is 0.423 e. The Kier molecular flexibility index (Phi) is 8.64. The Morgan fingerprint density at radius 1 is 0.659 bits per heavy atom. The van der Waals surface area contributed by atoms with E-state index in [-0.39, 0.29) is 20.4 Å². The molecule has 0 aliphatic heterocycles. The molecule has 3 aromatic carbocycles. The maximum atomic E-state index is 14.8. The zero-order chi connectivity index (χ0) is 30.9. The van der Waals surface area contributed by atoms with Crippen molar-refractivity contribution in [1.82, 2.24) is 0 Å². The summed E-state index contributed by atoms with van der Waals surface area (Å²) in [4.78, 5) is 10.7. The van der Waals surface area contributed by atoms with Crippen LogP contribution >= 0.6 is 10.3 Å². The van der Waals surface area contributed by atoms with Crippen molar-refractivity contribution in [2.24, 2.45) is 0 Å². The molecule has 0 atom stereocenters. The van der Waals surface area contributed by atoms with Gasteiger partial charge in [0.2, 0.25) is 0 Å². The van der Waals surface area contributed by atoms with Gasteiger partial charge in [-0.2, -0.15) is 47.9 Å². The topological polar surface area (TPSA) is 69.7 Å². The molecule has 3 aromatic rings. The second-order valence-electron chi connectivity index (χ2n) is 7.96. The second kappa shape index (κ2) is 11.1. The molecular weight excluding hydrogens is 615 g/mol. The third kappa shape index (κ3) is 5.55. The summed E-state index contributed by atoms with van der Waals surface area (Å²) in [5, 5.41) is -7.10. The molecule has 0 N–H and O–H groups in total. The molecular formula is C25H17F9O5S2. The average Bonchev–Trinajstić information content (AvgIpc) is 2.92. The summed E-state index contributed by atoms with van der Waals surface area (Å²) in [7, 11) is -11.5. The lowest BCUT2D eigenvalue weighted by Gasteiger charge is -2.41. The third-order valence-electron chi connectivity index (χ3n) is 5.31. The van der Waals surface area contributed by atoms with Crippen molar-refractivity contribution in [3.8, 4) is 5.75 Å². The first-order chi connectivity index (χ1) is 18.8. The minimum atomic E-state index is -7.50. The zero-order valence-electron chi connectivity index (χ0n) is 20.1. The molecule has 0 saturated carbocycles. The van der Waals surface area contributed by atoms with Gasteiger partial charge in [0, 0.05) is 20.8 Å². The summed E-state index contributed by atoms with van der Waals surface area (Å²) < 4.78 is 159. The molecule has 0 aliphatic carbocycles. The van der Waals surface area contributed by atoms with Gasteiger partial charge in [-0.1, -0.05) is 43.0 Å². The van der Waals surface area contributed by atoms with Crippen molar-refractivity contribution in [2.45, 2.75) is 38.0 Å². The van der Waals surface area contributed by atoms with Gasteiger partial charge in [-0.15, -0.1) is 0 Å². The fourth-order valence-electron chi connectivity index (χ4n) is 3.30. The van der Waals surface area contributed by atoms with Gasteiger partial charge in [0.15, 0.2) is 0 Å². The van der Waals surface area contributed by atoms with Crippen molar-refractivity contribution >= 4 is 26.4 Å². The lowest BCUT2D eigenvalue weighted by Crippen LogP contribution is -2.63. The average molecular weight is 633 g/mol. The number of alkyl halides is 9. The van der Waals surface area contributed by atoms with E-state index in [1.54, 1.807) is 0 Å². The van der Waals surface area contributed by atoms with Crippen LogP contribution in [0.25, 0.3) is 0 Å². The van der Waals surface area contributed by atoms with Crippen molar-refractivity contribution in [3.63, 3.8) is 0 Å². The molecule has 0 saturated heterocycles. The molecule has 41 heavy (non-hydrogen) atoms. The fourth-order valence-corrected chi connectivity index (χ4v) is 8.52. The molecule has 222 valence electrons.